The average Bonchev–Trinajstić information content (AvgIpc) is 2.70. The Bertz CT molecular complexity index is 374. The lowest BCUT2D eigenvalue weighted by Crippen LogP contribution is -2.45. The Morgan fingerprint density at radius 3 is 2.62 bits per heavy atom. The molecule has 0 saturated carbocycles. The van der Waals surface area contributed by atoms with Gasteiger partial charge in [-0.15, -0.1) is 0 Å². The van der Waals surface area contributed by atoms with Crippen LogP contribution in [-0.4, -0.2) is 17.9 Å². The van der Waals surface area contributed by atoms with Crippen LogP contribution in [0.15, 0.2) is 24.3 Å². The van der Waals surface area contributed by atoms with Gasteiger partial charge in [0.15, 0.2) is 5.78 Å². The van der Waals surface area contributed by atoms with Gasteiger partial charge in [-0.2, -0.15) is 0 Å². The highest BCUT2D eigenvalue weighted by Gasteiger charge is 2.35. The van der Waals surface area contributed by atoms with Crippen molar-refractivity contribution in [1.82, 2.24) is 5.32 Å². The van der Waals surface area contributed by atoms with Crippen LogP contribution in [0.2, 0.25) is 0 Å². The Morgan fingerprint density at radius 2 is 2.06 bits per heavy atom. The maximum absolute atomic E-state index is 12.2. The molecule has 1 aliphatic rings. The zero-order valence-electron chi connectivity index (χ0n) is 10.0. The summed E-state index contributed by atoms with van der Waals surface area (Å²) in [5, 5.41) is 3.31. The summed E-state index contributed by atoms with van der Waals surface area (Å²) in [7, 11) is 0. The summed E-state index contributed by atoms with van der Waals surface area (Å²) in [4.78, 5) is 12.2. The largest absolute Gasteiger partial charge is 0.305 e. The van der Waals surface area contributed by atoms with Crippen molar-refractivity contribution in [2.45, 2.75) is 38.6 Å². The third-order valence-corrected chi connectivity index (χ3v) is 3.47. The molecule has 1 aromatic carbocycles. The van der Waals surface area contributed by atoms with Crippen molar-refractivity contribution in [2.75, 3.05) is 6.54 Å². The van der Waals surface area contributed by atoms with Gasteiger partial charge in [-0.3, -0.25) is 4.79 Å². The number of nitrogens with one attached hydrogen (secondary N) is 1. The molecule has 1 unspecified atom stereocenters. The van der Waals surface area contributed by atoms with Gasteiger partial charge < -0.3 is 5.32 Å². The molecule has 2 nitrogen and oxygen atoms in total. The van der Waals surface area contributed by atoms with Crippen LogP contribution in [0, 0.1) is 6.92 Å². The van der Waals surface area contributed by atoms with E-state index < -0.39 is 0 Å². The van der Waals surface area contributed by atoms with Gasteiger partial charge in [0.2, 0.25) is 0 Å². The van der Waals surface area contributed by atoms with Crippen LogP contribution in [0.1, 0.15) is 30.9 Å². The number of aryl methyl sites for hydroxylation is 1. The molecule has 1 aliphatic heterocycles. The van der Waals surface area contributed by atoms with E-state index in [4.69, 9.17) is 0 Å². The van der Waals surface area contributed by atoms with E-state index in [1.165, 1.54) is 5.56 Å². The molecule has 2 rings (SSSR count). The molecule has 2 heteroatoms. The highest BCUT2D eigenvalue weighted by atomic mass is 16.1. The second-order valence-corrected chi connectivity index (χ2v) is 4.95. The van der Waals surface area contributed by atoms with Crippen LogP contribution in [0.5, 0.6) is 0 Å². The zero-order chi connectivity index (χ0) is 11.6. The Hall–Kier alpha value is -1.15. The van der Waals surface area contributed by atoms with Gasteiger partial charge in [-0.05, 0) is 38.8 Å². The van der Waals surface area contributed by atoms with Crippen molar-refractivity contribution in [3.05, 3.63) is 35.4 Å². The Balaban J connectivity index is 2.04. The molecule has 16 heavy (non-hydrogen) atoms. The number of carbonyl (C=O) groups is 1. The predicted molar refractivity (Wildman–Crippen MR) is 65.5 cm³/mol. The number of benzene rings is 1. The van der Waals surface area contributed by atoms with Crippen LogP contribution in [0.3, 0.4) is 0 Å². The lowest BCUT2D eigenvalue weighted by molar-refractivity contribution is -0.123. The zero-order valence-corrected chi connectivity index (χ0v) is 10.0. The van der Waals surface area contributed by atoms with Gasteiger partial charge in [-0.1, -0.05) is 29.8 Å². The first-order valence-electron chi connectivity index (χ1n) is 5.94. The smallest absolute Gasteiger partial charge is 0.156 e. The molecule has 0 radical (unpaired) electrons. The van der Waals surface area contributed by atoms with Gasteiger partial charge in [-0.25, -0.2) is 0 Å². The summed E-state index contributed by atoms with van der Waals surface area (Å²) in [5.41, 5.74) is 2.07. The Morgan fingerprint density at radius 1 is 1.38 bits per heavy atom. The first-order valence-corrected chi connectivity index (χ1v) is 5.94. The van der Waals surface area contributed by atoms with Gasteiger partial charge in [0.1, 0.15) is 0 Å². The molecule has 1 N–H and O–H groups in total. The topological polar surface area (TPSA) is 29.1 Å². The monoisotopic (exact) mass is 217 g/mol. The van der Waals surface area contributed by atoms with Crippen molar-refractivity contribution < 1.29 is 4.79 Å². The van der Waals surface area contributed by atoms with Crippen LogP contribution in [0.25, 0.3) is 0 Å². The molecule has 1 fully saturated rings. The maximum Gasteiger partial charge on any atom is 0.156 e. The van der Waals surface area contributed by atoms with Crippen molar-refractivity contribution in [2.24, 2.45) is 0 Å². The van der Waals surface area contributed by atoms with E-state index in [9.17, 15) is 4.79 Å². The van der Waals surface area contributed by atoms with Crippen LogP contribution >= 0.6 is 0 Å². The number of Topliss-reactive ketones (excluding diaryl/α,β-unsaturated/α-hetero) is 1. The molecular weight excluding hydrogens is 198 g/mol. The molecule has 1 aromatic rings. The summed E-state index contributed by atoms with van der Waals surface area (Å²) in [5.74, 6) is 0.314. The standard InChI is InChI=1S/C14H19NO/c1-11-4-6-12(7-5-11)10-13(16)14(2)8-3-9-15-14/h4-7,15H,3,8-10H2,1-2H3. The van der Waals surface area contributed by atoms with E-state index in [2.05, 4.69) is 24.4 Å². The third kappa shape index (κ3) is 2.33. The highest BCUT2D eigenvalue weighted by molar-refractivity contribution is 5.90. The minimum Gasteiger partial charge on any atom is -0.305 e. The minimum atomic E-state index is -0.287. The number of hydrogen-bond acceptors (Lipinski definition) is 2. The normalized spacial score (nSPS) is 24.6. The quantitative estimate of drug-likeness (QED) is 0.841. The molecule has 0 spiro atoms. The average molecular weight is 217 g/mol. The van der Waals surface area contributed by atoms with Crippen LogP contribution in [0.4, 0.5) is 0 Å². The Labute approximate surface area is 97.1 Å². The van der Waals surface area contributed by atoms with E-state index in [-0.39, 0.29) is 5.54 Å². The summed E-state index contributed by atoms with van der Waals surface area (Å²) in [6.45, 7) is 5.05. The van der Waals surface area contributed by atoms with Crippen LogP contribution < -0.4 is 5.32 Å². The summed E-state index contributed by atoms with van der Waals surface area (Å²) in [6.07, 6.45) is 2.62. The van der Waals surface area contributed by atoms with E-state index >= 15 is 0 Å². The molecule has 86 valence electrons. The van der Waals surface area contributed by atoms with Gasteiger partial charge in [0.05, 0.1) is 5.54 Å². The predicted octanol–water partition coefficient (Wildman–Crippen LogP) is 2.25. The van der Waals surface area contributed by atoms with Gasteiger partial charge in [0.25, 0.3) is 0 Å². The molecule has 0 aromatic heterocycles. The second kappa shape index (κ2) is 4.38. The van der Waals surface area contributed by atoms with E-state index in [0.717, 1.165) is 24.9 Å². The maximum atomic E-state index is 12.2. The fraction of sp³-hybridized carbons (Fsp3) is 0.500. The number of ketones is 1. The van der Waals surface area contributed by atoms with E-state index in [1.54, 1.807) is 0 Å². The fourth-order valence-electron chi connectivity index (χ4n) is 2.22. The van der Waals surface area contributed by atoms with E-state index in [1.807, 2.05) is 19.1 Å². The minimum absolute atomic E-state index is 0.287. The van der Waals surface area contributed by atoms with E-state index in [0.29, 0.717) is 12.2 Å². The molecular formula is C14H19NO. The number of hydrogen-bond donors (Lipinski definition) is 1. The van der Waals surface area contributed by atoms with Crippen LogP contribution in [-0.2, 0) is 11.2 Å². The second-order valence-electron chi connectivity index (χ2n) is 4.95. The van der Waals surface area contributed by atoms with Crippen molar-refractivity contribution in [1.29, 1.82) is 0 Å². The Kier molecular flexibility index (Phi) is 3.10. The molecule has 0 aliphatic carbocycles. The fourth-order valence-corrected chi connectivity index (χ4v) is 2.22. The number of rotatable bonds is 3. The van der Waals surface area contributed by atoms with Crippen molar-refractivity contribution in [3.8, 4) is 0 Å². The molecule has 1 atom stereocenters. The number of carbonyl (C=O) groups excluding carboxylic acids is 1. The SMILES string of the molecule is Cc1ccc(CC(=O)C2(C)CCCN2)cc1. The summed E-state index contributed by atoms with van der Waals surface area (Å²) < 4.78 is 0. The summed E-state index contributed by atoms with van der Waals surface area (Å²) >= 11 is 0. The molecule has 1 heterocycles. The molecule has 1 saturated heterocycles. The van der Waals surface area contributed by atoms with Gasteiger partial charge in [0, 0.05) is 6.42 Å². The summed E-state index contributed by atoms with van der Waals surface area (Å²) in [6, 6.07) is 8.22. The highest BCUT2D eigenvalue weighted by Crippen LogP contribution is 2.21. The first kappa shape index (κ1) is 11.3. The van der Waals surface area contributed by atoms with Crippen molar-refractivity contribution >= 4 is 5.78 Å². The van der Waals surface area contributed by atoms with Crippen molar-refractivity contribution in [3.63, 3.8) is 0 Å². The first-order chi connectivity index (χ1) is 7.60. The van der Waals surface area contributed by atoms with Gasteiger partial charge >= 0.3 is 0 Å². The third-order valence-electron chi connectivity index (χ3n) is 3.47. The molecule has 0 amide bonds. The molecule has 0 bridgehead atoms. The lowest BCUT2D eigenvalue weighted by Gasteiger charge is -2.22. The lowest BCUT2D eigenvalue weighted by atomic mass is 9.90.